The number of hydrogen-bond acceptors (Lipinski definition) is 4. The lowest BCUT2D eigenvalue weighted by Gasteiger charge is -2.19. The molecule has 0 atom stereocenters. The number of nitrogens with zero attached hydrogens (tertiary/aromatic N) is 2. The third kappa shape index (κ3) is 5.52. The highest BCUT2D eigenvalue weighted by molar-refractivity contribution is 5.93. The van der Waals surface area contributed by atoms with Crippen LogP contribution in [0.4, 0.5) is 11.6 Å². The summed E-state index contributed by atoms with van der Waals surface area (Å²) < 4.78 is 0. The molecule has 27 heavy (non-hydrogen) atoms. The SMILES string of the molecule is CC(C)(C)c1ccc(Nc2ncc(C(=O)NC3CCCCCC3)cn2)cc1. The summed E-state index contributed by atoms with van der Waals surface area (Å²) in [6, 6.07) is 8.54. The van der Waals surface area contributed by atoms with Crippen LogP contribution in [-0.2, 0) is 5.41 Å². The summed E-state index contributed by atoms with van der Waals surface area (Å²) in [5, 5.41) is 6.31. The van der Waals surface area contributed by atoms with Gasteiger partial charge in [0.2, 0.25) is 5.95 Å². The monoisotopic (exact) mass is 366 g/mol. The van der Waals surface area contributed by atoms with Crippen molar-refractivity contribution in [1.82, 2.24) is 15.3 Å². The summed E-state index contributed by atoms with van der Waals surface area (Å²) >= 11 is 0. The predicted molar refractivity (Wildman–Crippen MR) is 109 cm³/mol. The van der Waals surface area contributed by atoms with Gasteiger partial charge in [-0.15, -0.1) is 0 Å². The van der Waals surface area contributed by atoms with Crippen LogP contribution in [0.15, 0.2) is 36.7 Å². The number of benzene rings is 1. The molecule has 5 nitrogen and oxygen atoms in total. The van der Waals surface area contributed by atoms with Crippen LogP contribution in [0, 0.1) is 0 Å². The van der Waals surface area contributed by atoms with Gasteiger partial charge >= 0.3 is 0 Å². The average Bonchev–Trinajstić information content (AvgIpc) is 2.91. The fourth-order valence-electron chi connectivity index (χ4n) is 3.38. The molecule has 0 spiro atoms. The van der Waals surface area contributed by atoms with Gasteiger partial charge in [-0.1, -0.05) is 58.6 Å². The number of anilines is 2. The maximum atomic E-state index is 12.4. The van der Waals surface area contributed by atoms with Crippen molar-refractivity contribution in [3.05, 3.63) is 47.8 Å². The zero-order valence-electron chi connectivity index (χ0n) is 16.6. The lowest BCUT2D eigenvalue weighted by Crippen LogP contribution is -2.34. The van der Waals surface area contributed by atoms with Crippen molar-refractivity contribution in [2.24, 2.45) is 0 Å². The zero-order valence-corrected chi connectivity index (χ0v) is 16.6. The second-order valence-electron chi connectivity index (χ2n) is 8.41. The molecule has 1 fully saturated rings. The molecular weight excluding hydrogens is 336 g/mol. The third-order valence-corrected chi connectivity index (χ3v) is 5.11. The Bertz CT molecular complexity index is 739. The van der Waals surface area contributed by atoms with Gasteiger partial charge < -0.3 is 10.6 Å². The van der Waals surface area contributed by atoms with E-state index in [1.54, 1.807) is 12.4 Å². The Morgan fingerprint density at radius 3 is 2.11 bits per heavy atom. The van der Waals surface area contributed by atoms with Gasteiger partial charge in [-0.3, -0.25) is 4.79 Å². The van der Waals surface area contributed by atoms with E-state index in [4.69, 9.17) is 0 Å². The number of nitrogens with one attached hydrogen (secondary N) is 2. The van der Waals surface area contributed by atoms with Gasteiger partial charge in [-0.05, 0) is 36.0 Å². The highest BCUT2D eigenvalue weighted by Gasteiger charge is 2.16. The summed E-state index contributed by atoms with van der Waals surface area (Å²) in [6.07, 6.45) is 10.2. The average molecular weight is 367 g/mol. The van der Waals surface area contributed by atoms with E-state index in [0.717, 1.165) is 18.5 Å². The number of hydrogen-bond donors (Lipinski definition) is 2. The second-order valence-corrected chi connectivity index (χ2v) is 8.41. The summed E-state index contributed by atoms with van der Waals surface area (Å²) in [5.41, 5.74) is 2.84. The largest absolute Gasteiger partial charge is 0.349 e. The first-order valence-corrected chi connectivity index (χ1v) is 9.92. The molecule has 2 N–H and O–H groups in total. The summed E-state index contributed by atoms with van der Waals surface area (Å²) in [4.78, 5) is 21.0. The van der Waals surface area contributed by atoms with Crippen LogP contribution in [-0.4, -0.2) is 21.9 Å². The van der Waals surface area contributed by atoms with Crippen LogP contribution in [0.1, 0.15) is 75.2 Å². The van der Waals surface area contributed by atoms with Gasteiger partial charge in [0.25, 0.3) is 5.91 Å². The van der Waals surface area contributed by atoms with Crippen LogP contribution >= 0.6 is 0 Å². The normalized spacial score (nSPS) is 15.8. The summed E-state index contributed by atoms with van der Waals surface area (Å²) in [5.74, 6) is 0.410. The first-order chi connectivity index (χ1) is 12.9. The van der Waals surface area contributed by atoms with Gasteiger partial charge in [0.1, 0.15) is 0 Å². The highest BCUT2D eigenvalue weighted by atomic mass is 16.1. The van der Waals surface area contributed by atoms with E-state index in [1.165, 1.54) is 31.2 Å². The lowest BCUT2D eigenvalue weighted by atomic mass is 9.87. The van der Waals surface area contributed by atoms with Crippen molar-refractivity contribution in [3.63, 3.8) is 0 Å². The molecule has 0 radical (unpaired) electrons. The minimum Gasteiger partial charge on any atom is -0.349 e. The Hall–Kier alpha value is -2.43. The van der Waals surface area contributed by atoms with Gasteiger partial charge in [0.15, 0.2) is 0 Å². The molecule has 0 bridgehead atoms. The van der Waals surface area contributed by atoms with E-state index in [9.17, 15) is 4.79 Å². The van der Waals surface area contributed by atoms with E-state index < -0.39 is 0 Å². The molecule has 0 aliphatic heterocycles. The van der Waals surface area contributed by atoms with Crippen LogP contribution in [0.25, 0.3) is 0 Å². The summed E-state index contributed by atoms with van der Waals surface area (Å²) in [6.45, 7) is 6.58. The Kier molecular flexibility index (Phi) is 6.09. The van der Waals surface area contributed by atoms with Gasteiger partial charge in [-0.2, -0.15) is 0 Å². The number of aromatic nitrogens is 2. The molecule has 1 aromatic carbocycles. The molecule has 1 aromatic heterocycles. The number of carbonyl (C=O) groups is 1. The van der Waals surface area contributed by atoms with Gasteiger partial charge in [0.05, 0.1) is 5.56 Å². The molecule has 5 heteroatoms. The molecule has 1 aliphatic rings. The molecule has 1 saturated carbocycles. The van der Waals surface area contributed by atoms with Crippen molar-refractivity contribution < 1.29 is 4.79 Å². The van der Waals surface area contributed by atoms with Crippen molar-refractivity contribution in [1.29, 1.82) is 0 Å². The molecule has 144 valence electrons. The standard InChI is InChI=1S/C22H30N4O/c1-22(2,3)17-10-12-19(13-11-17)26-21-23-14-16(15-24-21)20(27)25-18-8-6-4-5-7-9-18/h10-15,18H,4-9H2,1-3H3,(H,25,27)(H,23,24,26). The second kappa shape index (κ2) is 8.51. The van der Waals surface area contributed by atoms with Crippen molar-refractivity contribution >= 4 is 17.5 Å². The van der Waals surface area contributed by atoms with Crippen molar-refractivity contribution in [3.8, 4) is 0 Å². The minimum atomic E-state index is -0.0806. The van der Waals surface area contributed by atoms with E-state index in [1.807, 2.05) is 12.1 Å². The Balaban J connectivity index is 1.58. The Morgan fingerprint density at radius 1 is 0.963 bits per heavy atom. The predicted octanol–water partition coefficient (Wildman–Crippen LogP) is 4.97. The molecule has 1 heterocycles. The maximum absolute atomic E-state index is 12.4. The van der Waals surface area contributed by atoms with Crippen molar-refractivity contribution in [2.45, 2.75) is 70.8 Å². The number of carbonyl (C=O) groups excluding carboxylic acids is 1. The quantitative estimate of drug-likeness (QED) is 0.750. The molecule has 3 rings (SSSR count). The molecule has 1 amide bonds. The molecule has 1 aliphatic carbocycles. The lowest BCUT2D eigenvalue weighted by molar-refractivity contribution is 0.0932. The van der Waals surface area contributed by atoms with E-state index in [-0.39, 0.29) is 17.4 Å². The van der Waals surface area contributed by atoms with Crippen LogP contribution < -0.4 is 10.6 Å². The van der Waals surface area contributed by atoms with E-state index >= 15 is 0 Å². The fraction of sp³-hybridized carbons (Fsp3) is 0.500. The molecule has 0 saturated heterocycles. The topological polar surface area (TPSA) is 66.9 Å². The van der Waals surface area contributed by atoms with Gasteiger partial charge in [0, 0.05) is 24.1 Å². The van der Waals surface area contributed by atoms with Crippen LogP contribution in [0.3, 0.4) is 0 Å². The first kappa shape index (κ1) is 19.3. The van der Waals surface area contributed by atoms with E-state index in [0.29, 0.717) is 11.5 Å². The molecule has 2 aromatic rings. The maximum Gasteiger partial charge on any atom is 0.254 e. The van der Waals surface area contributed by atoms with Crippen LogP contribution in [0.5, 0.6) is 0 Å². The third-order valence-electron chi connectivity index (χ3n) is 5.11. The summed E-state index contributed by atoms with van der Waals surface area (Å²) in [7, 11) is 0. The number of amides is 1. The first-order valence-electron chi connectivity index (χ1n) is 9.92. The van der Waals surface area contributed by atoms with Crippen molar-refractivity contribution in [2.75, 3.05) is 5.32 Å². The Labute approximate surface area is 162 Å². The molecule has 0 unspecified atom stereocenters. The van der Waals surface area contributed by atoms with E-state index in [2.05, 4.69) is 53.5 Å². The fourth-order valence-corrected chi connectivity index (χ4v) is 3.38. The molecular formula is C22H30N4O. The zero-order chi connectivity index (χ0) is 19.3. The Morgan fingerprint density at radius 2 is 1.56 bits per heavy atom. The smallest absolute Gasteiger partial charge is 0.254 e. The van der Waals surface area contributed by atoms with Gasteiger partial charge in [-0.25, -0.2) is 9.97 Å². The number of rotatable bonds is 4. The van der Waals surface area contributed by atoms with Crippen LogP contribution in [0.2, 0.25) is 0 Å². The minimum absolute atomic E-state index is 0.0806. The highest BCUT2D eigenvalue weighted by Crippen LogP contribution is 2.24.